The second-order valence-electron chi connectivity index (χ2n) is 8.00. The summed E-state index contributed by atoms with van der Waals surface area (Å²) in [6.45, 7) is 3.71. The maximum atomic E-state index is 14.2. The third kappa shape index (κ3) is 6.19. The van der Waals surface area contributed by atoms with Gasteiger partial charge in [-0.15, -0.1) is 11.3 Å². The lowest BCUT2D eigenvalue weighted by molar-refractivity contribution is 0.0734. The molecule has 0 fully saturated rings. The van der Waals surface area contributed by atoms with Gasteiger partial charge in [-0.2, -0.15) is 0 Å². The highest BCUT2D eigenvalue weighted by molar-refractivity contribution is 7.09. The van der Waals surface area contributed by atoms with Crippen molar-refractivity contribution in [1.29, 1.82) is 0 Å². The number of halogens is 1. The molecule has 0 saturated heterocycles. The molecule has 0 spiro atoms. The van der Waals surface area contributed by atoms with E-state index in [1.165, 1.54) is 23.5 Å². The SMILES string of the molecule is CCCN(Cc1cccn1Cc1nc(C(=O)NCc2ccncc2)cs1)C(=O)c1ccccc1F. The molecule has 0 aliphatic rings. The lowest BCUT2D eigenvalue weighted by Crippen LogP contribution is -2.32. The van der Waals surface area contributed by atoms with Crippen molar-refractivity contribution in [2.45, 2.75) is 33.0 Å². The molecule has 2 amide bonds. The smallest absolute Gasteiger partial charge is 0.271 e. The largest absolute Gasteiger partial charge is 0.347 e. The van der Waals surface area contributed by atoms with E-state index in [-0.39, 0.29) is 17.4 Å². The van der Waals surface area contributed by atoms with Crippen molar-refractivity contribution in [2.24, 2.45) is 0 Å². The van der Waals surface area contributed by atoms with E-state index in [0.29, 0.717) is 31.9 Å². The van der Waals surface area contributed by atoms with Gasteiger partial charge in [0.2, 0.25) is 0 Å². The molecule has 35 heavy (non-hydrogen) atoms. The maximum Gasteiger partial charge on any atom is 0.271 e. The van der Waals surface area contributed by atoms with Crippen molar-refractivity contribution in [3.63, 3.8) is 0 Å². The standard InChI is InChI=1S/C26H26FN5O2S/c1-2-13-32(26(34)21-7-3-4-8-22(21)27)16-20-6-5-14-31(20)17-24-30-23(18-35-24)25(33)29-15-19-9-11-28-12-10-19/h3-12,14,18H,2,13,15-17H2,1H3,(H,29,33). The molecular formula is C26H26FN5O2S. The number of rotatable bonds is 10. The zero-order valence-corrected chi connectivity index (χ0v) is 20.2. The monoisotopic (exact) mass is 491 g/mol. The van der Waals surface area contributed by atoms with Crippen LogP contribution in [-0.2, 0) is 19.6 Å². The Kier molecular flexibility index (Phi) is 7.99. The number of benzene rings is 1. The van der Waals surface area contributed by atoms with E-state index in [1.807, 2.05) is 42.0 Å². The first-order valence-electron chi connectivity index (χ1n) is 11.3. The second-order valence-corrected chi connectivity index (χ2v) is 8.94. The van der Waals surface area contributed by atoms with Gasteiger partial charge in [0.1, 0.15) is 16.5 Å². The normalized spacial score (nSPS) is 10.8. The van der Waals surface area contributed by atoms with Crippen molar-refractivity contribution in [2.75, 3.05) is 6.54 Å². The molecule has 180 valence electrons. The van der Waals surface area contributed by atoms with Crippen LogP contribution in [-0.4, -0.2) is 37.8 Å². The van der Waals surface area contributed by atoms with Crippen LogP contribution in [0, 0.1) is 5.82 Å². The van der Waals surface area contributed by atoms with Crippen molar-refractivity contribution < 1.29 is 14.0 Å². The van der Waals surface area contributed by atoms with Crippen molar-refractivity contribution in [3.05, 3.63) is 106 Å². The van der Waals surface area contributed by atoms with Gasteiger partial charge in [-0.05, 0) is 48.4 Å². The van der Waals surface area contributed by atoms with Crippen LogP contribution in [0.15, 0.2) is 72.5 Å². The lowest BCUT2D eigenvalue weighted by atomic mass is 10.1. The molecule has 7 nitrogen and oxygen atoms in total. The van der Waals surface area contributed by atoms with E-state index in [0.717, 1.165) is 22.7 Å². The van der Waals surface area contributed by atoms with E-state index in [1.54, 1.807) is 34.8 Å². The quantitative estimate of drug-likeness (QED) is 0.354. The molecule has 0 bridgehead atoms. The lowest BCUT2D eigenvalue weighted by Gasteiger charge is -2.23. The number of amides is 2. The Hall–Kier alpha value is -3.85. The molecule has 0 saturated carbocycles. The molecule has 9 heteroatoms. The average molecular weight is 492 g/mol. The van der Waals surface area contributed by atoms with Crippen molar-refractivity contribution in [3.8, 4) is 0 Å². The van der Waals surface area contributed by atoms with E-state index in [9.17, 15) is 14.0 Å². The summed E-state index contributed by atoms with van der Waals surface area (Å²) in [4.78, 5) is 35.6. The Morgan fingerprint density at radius 1 is 1.11 bits per heavy atom. The molecule has 4 rings (SSSR count). The highest BCUT2D eigenvalue weighted by atomic mass is 32.1. The van der Waals surface area contributed by atoms with Gasteiger partial charge in [0.15, 0.2) is 0 Å². The maximum absolute atomic E-state index is 14.2. The molecule has 4 aromatic rings. The Morgan fingerprint density at radius 3 is 2.69 bits per heavy atom. The van der Waals surface area contributed by atoms with Gasteiger partial charge in [-0.25, -0.2) is 9.37 Å². The first-order valence-corrected chi connectivity index (χ1v) is 12.2. The predicted molar refractivity (Wildman–Crippen MR) is 132 cm³/mol. The molecule has 0 aliphatic carbocycles. The van der Waals surface area contributed by atoms with Crippen LogP contribution < -0.4 is 5.32 Å². The van der Waals surface area contributed by atoms with Crippen LogP contribution in [0.25, 0.3) is 0 Å². The topological polar surface area (TPSA) is 80.1 Å². The minimum absolute atomic E-state index is 0.0707. The molecule has 3 aromatic heterocycles. The zero-order valence-electron chi connectivity index (χ0n) is 19.4. The van der Waals surface area contributed by atoms with Crippen LogP contribution in [0.4, 0.5) is 4.39 Å². The first-order chi connectivity index (χ1) is 17.0. The predicted octanol–water partition coefficient (Wildman–Crippen LogP) is 4.51. The number of nitrogens with zero attached hydrogens (tertiary/aromatic N) is 4. The number of carbonyl (C=O) groups is 2. The summed E-state index contributed by atoms with van der Waals surface area (Å²) in [5.74, 6) is -1.09. The Labute approximate surface area is 207 Å². The fraction of sp³-hybridized carbons (Fsp3) is 0.231. The Balaban J connectivity index is 1.42. The van der Waals surface area contributed by atoms with E-state index in [4.69, 9.17) is 0 Å². The number of thiazole rings is 1. The van der Waals surface area contributed by atoms with Crippen LogP contribution in [0.5, 0.6) is 0 Å². The second kappa shape index (κ2) is 11.5. The molecule has 3 heterocycles. The van der Waals surface area contributed by atoms with Gasteiger partial charge < -0.3 is 14.8 Å². The highest BCUT2D eigenvalue weighted by Crippen LogP contribution is 2.17. The summed E-state index contributed by atoms with van der Waals surface area (Å²) in [5.41, 5.74) is 2.31. The number of nitrogens with one attached hydrogen (secondary N) is 1. The summed E-state index contributed by atoms with van der Waals surface area (Å²) >= 11 is 1.41. The Bertz CT molecular complexity index is 1290. The molecule has 0 aliphatic heterocycles. The van der Waals surface area contributed by atoms with Crippen LogP contribution in [0.2, 0.25) is 0 Å². The van der Waals surface area contributed by atoms with Gasteiger partial charge in [0.25, 0.3) is 11.8 Å². The zero-order chi connectivity index (χ0) is 24.6. The van der Waals surface area contributed by atoms with Crippen LogP contribution in [0.1, 0.15) is 50.5 Å². The molecule has 0 unspecified atom stereocenters. The fourth-order valence-electron chi connectivity index (χ4n) is 3.68. The minimum Gasteiger partial charge on any atom is -0.347 e. The summed E-state index contributed by atoms with van der Waals surface area (Å²) in [7, 11) is 0. The van der Waals surface area contributed by atoms with Gasteiger partial charge in [0, 0.05) is 42.8 Å². The van der Waals surface area contributed by atoms with Crippen molar-refractivity contribution in [1.82, 2.24) is 24.8 Å². The van der Waals surface area contributed by atoms with Gasteiger partial charge in [0.05, 0.1) is 18.7 Å². The highest BCUT2D eigenvalue weighted by Gasteiger charge is 2.20. The molecule has 0 radical (unpaired) electrons. The van der Waals surface area contributed by atoms with E-state index >= 15 is 0 Å². The fourth-order valence-corrected chi connectivity index (χ4v) is 4.45. The van der Waals surface area contributed by atoms with E-state index in [2.05, 4.69) is 15.3 Å². The number of aromatic nitrogens is 3. The summed E-state index contributed by atoms with van der Waals surface area (Å²) in [5, 5.41) is 5.39. The van der Waals surface area contributed by atoms with Gasteiger partial charge in [-0.1, -0.05) is 19.1 Å². The number of carbonyl (C=O) groups excluding carboxylic acids is 2. The Morgan fingerprint density at radius 2 is 1.91 bits per heavy atom. The van der Waals surface area contributed by atoms with E-state index < -0.39 is 5.82 Å². The molecule has 0 atom stereocenters. The van der Waals surface area contributed by atoms with Crippen LogP contribution in [0.3, 0.4) is 0 Å². The summed E-state index contributed by atoms with van der Waals surface area (Å²) in [6, 6.07) is 13.6. The van der Waals surface area contributed by atoms with Crippen LogP contribution >= 0.6 is 11.3 Å². The van der Waals surface area contributed by atoms with Gasteiger partial charge >= 0.3 is 0 Å². The third-order valence-electron chi connectivity index (χ3n) is 5.45. The average Bonchev–Trinajstić information content (AvgIpc) is 3.53. The first kappa shape index (κ1) is 24.3. The molecular weight excluding hydrogens is 465 g/mol. The number of hydrogen-bond donors (Lipinski definition) is 1. The summed E-state index contributed by atoms with van der Waals surface area (Å²) < 4.78 is 16.2. The van der Waals surface area contributed by atoms with Crippen molar-refractivity contribution >= 4 is 23.2 Å². The molecule has 1 aromatic carbocycles. The summed E-state index contributed by atoms with van der Waals surface area (Å²) in [6.07, 6.45) is 6.04. The number of pyridine rings is 1. The molecule has 1 N–H and O–H groups in total. The van der Waals surface area contributed by atoms with Gasteiger partial charge in [-0.3, -0.25) is 14.6 Å². The minimum atomic E-state index is -0.522. The third-order valence-corrected chi connectivity index (χ3v) is 6.29. The number of hydrogen-bond acceptors (Lipinski definition) is 5.